The quantitative estimate of drug-likeness (QED) is 0.529. The van der Waals surface area contributed by atoms with Gasteiger partial charge in [0, 0.05) is 13.2 Å². The zero-order chi connectivity index (χ0) is 8.27. The minimum absolute atomic E-state index is 0.397. The molecular weight excluding hydrogens is 138 g/mol. The second-order valence-corrected chi connectivity index (χ2v) is 2.31. The van der Waals surface area contributed by atoms with Crippen molar-refractivity contribution >= 4 is 0 Å². The molecular formula is C8H11N3. The van der Waals surface area contributed by atoms with Gasteiger partial charge in [-0.3, -0.25) is 4.68 Å². The Labute approximate surface area is 66.2 Å². The molecule has 0 aliphatic rings. The van der Waals surface area contributed by atoms with Crippen molar-refractivity contribution in [3.05, 3.63) is 17.5 Å². The Morgan fingerprint density at radius 3 is 2.91 bits per heavy atom. The third-order valence-electron chi connectivity index (χ3n) is 1.34. The van der Waals surface area contributed by atoms with Gasteiger partial charge in [-0.25, -0.2) is 0 Å². The summed E-state index contributed by atoms with van der Waals surface area (Å²) in [5.74, 6) is 5.72. The average molecular weight is 149 g/mol. The molecule has 0 saturated heterocycles. The van der Waals surface area contributed by atoms with Gasteiger partial charge in [-0.1, -0.05) is 11.8 Å². The molecule has 0 aliphatic carbocycles. The average Bonchev–Trinajstić information content (AvgIpc) is 2.26. The molecule has 58 valence electrons. The van der Waals surface area contributed by atoms with Gasteiger partial charge in [0.2, 0.25) is 0 Å². The van der Waals surface area contributed by atoms with E-state index in [-0.39, 0.29) is 0 Å². The van der Waals surface area contributed by atoms with Gasteiger partial charge < -0.3 is 5.73 Å². The van der Waals surface area contributed by atoms with E-state index in [1.807, 2.05) is 20.2 Å². The zero-order valence-corrected chi connectivity index (χ0v) is 6.76. The summed E-state index contributed by atoms with van der Waals surface area (Å²) in [6, 6.07) is 0. The first-order valence-electron chi connectivity index (χ1n) is 3.43. The van der Waals surface area contributed by atoms with Crippen LogP contribution in [0.25, 0.3) is 0 Å². The number of nitrogens with zero attached hydrogens (tertiary/aromatic N) is 2. The molecule has 0 atom stereocenters. The van der Waals surface area contributed by atoms with Crippen molar-refractivity contribution in [2.24, 2.45) is 12.8 Å². The van der Waals surface area contributed by atoms with Crippen LogP contribution in [0.5, 0.6) is 0 Å². The topological polar surface area (TPSA) is 43.8 Å². The Balaban J connectivity index is 2.94. The highest BCUT2D eigenvalue weighted by Crippen LogP contribution is 2.00. The fraction of sp³-hybridized carbons (Fsp3) is 0.375. The van der Waals surface area contributed by atoms with Crippen LogP contribution in [0.1, 0.15) is 11.3 Å². The predicted molar refractivity (Wildman–Crippen MR) is 43.9 cm³/mol. The third-order valence-corrected chi connectivity index (χ3v) is 1.34. The number of hydrogen-bond donors (Lipinski definition) is 1. The molecule has 0 bridgehead atoms. The van der Waals surface area contributed by atoms with Gasteiger partial charge >= 0.3 is 0 Å². The molecule has 1 heterocycles. The SMILES string of the molecule is Cc1nn(C)cc1C#CCN. The van der Waals surface area contributed by atoms with Crippen LogP contribution in [0.2, 0.25) is 0 Å². The fourth-order valence-corrected chi connectivity index (χ4v) is 0.869. The molecule has 0 aliphatic heterocycles. The van der Waals surface area contributed by atoms with E-state index in [1.54, 1.807) is 4.68 Å². The summed E-state index contributed by atoms with van der Waals surface area (Å²) in [7, 11) is 1.88. The molecule has 1 aromatic heterocycles. The molecule has 0 amide bonds. The summed E-state index contributed by atoms with van der Waals surface area (Å²) in [4.78, 5) is 0. The van der Waals surface area contributed by atoms with Crippen molar-refractivity contribution in [1.82, 2.24) is 9.78 Å². The maximum Gasteiger partial charge on any atom is 0.0750 e. The number of aryl methyl sites for hydroxylation is 2. The summed E-state index contributed by atoms with van der Waals surface area (Å²) in [5, 5.41) is 4.14. The van der Waals surface area contributed by atoms with Crippen molar-refractivity contribution in [3.8, 4) is 11.8 Å². The molecule has 0 saturated carbocycles. The van der Waals surface area contributed by atoms with Crippen LogP contribution in [0.3, 0.4) is 0 Å². The lowest BCUT2D eigenvalue weighted by molar-refractivity contribution is 0.756. The van der Waals surface area contributed by atoms with E-state index in [1.165, 1.54) is 0 Å². The number of aromatic nitrogens is 2. The monoisotopic (exact) mass is 149 g/mol. The zero-order valence-electron chi connectivity index (χ0n) is 6.76. The predicted octanol–water partition coefficient (Wildman–Crippen LogP) is 0.0387. The first kappa shape index (κ1) is 7.83. The summed E-state index contributed by atoms with van der Waals surface area (Å²) in [6.07, 6.45) is 1.89. The second kappa shape index (κ2) is 3.22. The van der Waals surface area contributed by atoms with E-state index in [4.69, 9.17) is 5.73 Å². The molecule has 3 nitrogen and oxygen atoms in total. The second-order valence-electron chi connectivity index (χ2n) is 2.31. The Kier molecular flexibility index (Phi) is 2.29. The van der Waals surface area contributed by atoms with Gasteiger partial charge in [0.15, 0.2) is 0 Å². The molecule has 0 radical (unpaired) electrons. The van der Waals surface area contributed by atoms with Crippen molar-refractivity contribution in [3.63, 3.8) is 0 Å². The lowest BCUT2D eigenvalue weighted by Crippen LogP contribution is -1.93. The highest BCUT2D eigenvalue weighted by molar-refractivity contribution is 5.35. The largest absolute Gasteiger partial charge is 0.320 e. The third kappa shape index (κ3) is 1.82. The Bertz CT molecular complexity index is 301. The van der Waals surface area contributed by atoms with Crippen LogP contribution < -0.4 is 5.73 Å². The molecule has 0 unspecified atom stereocenters. The van der Waals surface area contributed by atoms with Gasteiger partial charge in [0.05, 0.1) is 17.8 Å². The first-order chi connectivity index (χ1) is 5.24. The lowest BCUT2D eigenvalue weighted by atomic mass is 10.3. The molecule has 1 rings (SSSR count). The lowest BCUT2D eigenvalue weighted by Gasteiger charge is -1.80. The van der Waals surface area contributed by atoms with Crippen molar-refractivity contribution < 1.29 is 0 Å². The molecule has 3 heteroatoms. The molecule has 0 spiro atoms. The van der Waals surface area contributed by atoms with Crippen LogP contribution in [-0.2, 0) is 7.05 Å². The standard InChI is InChI=1S/C8H11N3/c1-7-8(4-3-5-9)6-11(2)10-7/h6H,5,9H2,1-2H3. The van der Waals surface area contributed by atoms with Crippen molar-refractivity contribution in [1.29, 1.82) is 0 Å². The summed E-state index contributed by atoms with van der Waals surface area (Å²) in [6.45, 7) is 2.33. The maximum atomic E-state index is 5.23. The van der Waals surface area contributed by atoms with Gasteiger partial charge in [-0.05, 0) is 6.92 Å². The van der Waals surface area contributed by atoms with Crippen LogP contribution in [0.15, 0.2) is 6.20 Å². The molecule has 0 fully saturated rings. The van der Waals surface area contributed by atoms with Gasteiger partial charge in [-0.15, -0.1) is 0 Å². The van der Waals surface area contributed by atoms with Crippen LogP contribution in [0, 0.1) is 18.8 Å². The van der Waals surface area contributed by atoms with E-state index in [9.17, 15) is 0 Å². The van der Waals surface area contributed by atoms with E-state index < -0.39 is 0 Å². The van der Waals surface area contributed by atoms with Crippen molar-refractivity contribution in [2.45, 2.75) is 6.92 Å². The summed E-state index contributed by atoms with van der Waals surface area (Å²) in [5.41, 5.74) is 7.14. The molecule has 2 N–H and O–H groups in total. The normalized spacial score (nSPS) is 9.00. The van der Waals surface area contributed by atoms with E-state index >= 15 is 0 Å². The van der Waals surface area contributed by atoms with Gasteiger partial charge in [0.1, 0.15) is 0 Å². The Hall–Kier alpha value is -1.27. The minimum Gasteiger partial charge on any atom is -0.320 e. The first-order valence-corrected chi connectivity index (χ1v) is 3.43. The minimum atomic E-state index is 0.397. The highest BCUT2D eigenvalue weighted by Gasteiger charge is 1.96. The van der Waals surface area contributed by atoms with Gasteiger partial charge in [-0.2, -0.15) is 5.10 Å². The number of nitrogens with two attached hydrogens (primary N) is 1. The fourth-order valence-electron chi connectivity index (χ4n) is 0.869. The summed E-state index contributed by atoms with van der Waals surface area (Å²) < 4.78 is 1.75. The molecule has 1 aromatic rings. The van der Waals surface area contributed by atoms with Gasteiger partial charge in [0.25, 0.3) is 0 Å². The smallest absolute Gasteiger partial charge is 0.0750 e. The van der Waals surface area contributed by atoms with E-state index in [2.05, 4.69) is 16.9 Å². The highest BCUT2D eigenvalue weighted by atomic mass is 15.2. The van der Waals surface area contributed by atoms with Crippen LogP contribution in [0.4, 0.5) is 0 Å². The van der Waals surface area contributed by atoms with E-state index in [0.717, 1.165) is 11.3 Å². The van der Waals surface area contributed by atoms with Crippen LogP contribution in [-0.4, -0.2) is 16.3 Å². The molecule has 0 aromatic carbocycles. The molecule has 11 heavy (non-hydrogen) atoms. The number of rotatable bonds is 0. The number of hydrogen-bond acceptors (Lipinski definition) is 2. The maximum absolute atomic E-state index is 5.23. The van der Waals surface area contributed by atoms with Crippen molar-refractivity contribution in [2.75, 3.05) is 6.54 Å². The van der Waals surface area contributed by atoms with Crippen LogP contribution >= 0.6 is 0 Å². The van der Waals surface area contributed by atoms with E-state index in [0.29, 0.717) is 6.54 Å². The Morgan fingerprint density at radius 2 is 2.45 bits per heavy atom. The Morgan fingerprint density at radius 1 is 1.73 bits per heavy atom. The summed E-state index contributed by atoms with van der Waals surface area (Å²) >= 11 is 0.